The molecule has 5 heteroatoms. The molecule has 1 rings (SSSR count). The van der Waals surface area contributed by atoms with Gasteiger partial charge in [-0.25, -0.2) is 13.2 Å². The van der Waals surface area contributed by atoms with Crippen molar-refractivity contribution in [1.82, 2.24) is 0 Å². The van der Waals surface area contributed by atoms with E-state index in [1.807, 2.05) is 5.92 Å². The van der Waals surface area contributed by atoms with Gasteiger partial charge in [0.1, 0.15) is 0 Å². The smallest absolute Gasteiger partial charge is 0.172 e. The highest BCUT2D eigenvalue weighted by molar-refractivity contribution is 5.42. The second-order valence-electron chi connectivity index (χ2n) is 2.97. The van der Waals surface area contributed by atoms with E-state index in [0.29, 0.717) is 0 Å². The third kappa shape index (κ3) is 1.84. The first-order chi connectivity index (χ1) is 7.58. The highest BCUT2D eigenvalue weighted by Gasteiger charge is 2.24. The summed E-state index contributed by atoms with van der Waals surface area (Å²) in [6.07, 6.45) is 4.52. The van der Waals surface area contributed by atoms with E-state index in [1.165, 1.54) is 0 Å². The normalized spacial score (nSPS) is 10.0. The zero-order chi connectivity index (χ0) is 12.3. The summed E-state index contributed by atoms with van der Waals surface area (Å²) in [5.74, 6) is -2.32. The lowest BCUT2D eigenvalue weighted by molar-refractivity contribution is 0.259. The van der Waals surface area contributed by atoms with Crippen LogP contribution in [0, 0.1) is 29.8 Å². The summed E-state index contributed by atoms with van der Waals surface area (Å²) in [4.78, 5) is 0. The Morgan fingerprint density at radius 2 is 1.75 bits per heavy atom. The molecule has 0 aliphatic carbocycles. The molecule has 0 amide bonds. The van der Waals surface area contributed by atoms with E-state index in [-0.39, 0.29) is 0 Å². The van der Waals surface area contributed by atoms with Gasteiger partial charge in [0, 0.05) is 12.0 Å². The van der Waals surface area contributed by atoms with Gasteiger partial charge in [-0.05, 0) is 0 Å². The number of benzene rings is 1. The Hall–Kier alpha value is -1.67. The molecule has 86 valence electrons. The maximum atomic E-state index is 13.6. The van der Waals surface area contributed by atoms with Crippen LogP contribution in [-0.2, 0) is 13.0 Å². The standard InChI is InChI=1S/C11H9F3O2/c1-3-4-6-8(12)9(13)7(5-15)11(16-2)10(6)14/h1,15H,4-5H2,2H3. The molecule has 0 fully saturated rings. The van der Waals surface area contributed by atoms with Crippen LogP contribution in [0.25, 0.3) is 0 Å². The van der Waals surface area contributed by atoms with Gasteiger partial charge in [-0.1, -0.05) is 0 Å². The first kappa shape index (κ1) is 12.4. The molecule has 0 bridgehead atoms. The molecule has 2 nitrogen and oxygen atoms in total. The maximum Gasteiger partial charge on any atom is 0.172 e. The predicted molar refractivity (Wildman–Crippen MR) is 51.3 cm³/mol. The molecule has 0 aliphatic heterocycles. The number of aliphatic hydroxyl groups is 1. The van der Waals surface area contributed by atoms with Crippen molar-refractivity contribution in [2.75, 3.05) is 7.11 Å². The number of ether oxygens (including phenoxy) is 1. The first-order valence-electron chi connectivity index (χ1n) is 4.34. The van der Waals surface area contributed by atoms with Crippen molar-refractivity contribution < 1.29 is 23.0 Å². The third-order valence-electron chi connectivity index (χ3n) is 2.10. The number of methoxy groups -OCH3 is 1. The van der Waals surface area contributed by atoms with Crippen LogP contribution in [0.2, 0.25) is 0 Å². The molecule has 0 atom stereocenters. The van der Waals surface area contributed by atoms with Gasteiger partial charge in [0.25, 0.3) is 0 Å². The summed E-state index contributed by atoms with van der Waals surface area (Å²) >= 11 is 0. The van der Waals surface area contributed by atoms with Crippen LogP contribution in [0.1, 0.15) is 11.1 Å². The van der Waals surface area contributed by atoms with Crippen molar-refractivity contribution in [2.24, 2.45) is 0 Å². The maximum absolute atomic E-state index is 13.6. The summed E-state index contributed by atoms with van der Waals surface area (Å²) in [5, 5.41) is 8.81. The molecule has 0 aromatic heterocycles. The van der Waals surface area contributed by atoms with Crippen LogP contribution < -0.4 is 4.74 Å². The van der Waals surface area contributed by atoms with Crippen molar-refractivity contribution in [3.05, 3.63) is 28.6 Å². The zero-order valence-electron chi connectivity index (χ0n) is 8.48. The molecular weight excluding hydrogens is 221 g/mol. The summed E-state index contributed by atoms with van der Waals surface area (Å²) < 4.78 is 44.9. The molecule has 16 heavy (non-hydrogen) atoms. The molecule has 1 N–H and O–H groups in total. The van der Waals surface area contributed by atoms with Gasteiger partial charge in [-0.2, -0.15) is 0 Å². The Morgan fingerprint density at radius 3 is 2.19 bits per heavy atom. The van der Waals surface area contributed by atoms with Crippen molar-refractivity contribution in [3.8, 4) is 18.1 Å². The molecule has 1 aromatic carbocycles. The van der Waals surface area contributed by atoms with Gasteiger partial charge in [0.2, 0.25) is 0 Å². The van der Waals surface area contributed by atoms with Crippen LogP contribution in [0.5, 0.6) is 5.75 Å². The van der Waals surface area contributed by atoms with Gasteiger partial charge in [0.05, 0.1) is 19.3 Å². The van der Waals surface area contributed by atoms with E-state index in [4.69, 9.17) is 11.5 Å². The second kappa shape index (κ2) is 4.90. The SMILES string of the molecule is C#CCc1c(F)c(F)c(CO)c(OC)c1F. The van der Waals surface area contributed by atoms with Gasteiger partial charge in [-0.15, -0.1) is 12.3 Å². The lowest BCUT2D eigenvalue weighted by atomic mass is 10.1. The number of aliphatic hydroxyl groups excluding tert-OH is 1. The van der Waals surface area contributed by atoms with Crippen LogP contribution >= 0.6 is 0 Å². The van der Waals surface area contributed by atoms with E-state index in [1.54, 1.807) is 0 Å². The van der Waals surface area contributed by atoms with Crippen LogP contribution in [0.4, 0.5) is 13.2 Å². The number of hydrogen-bond donors (Lipinski definition) is 1. The number of rotatable bonds is 3. The largest absolute Gasteiger partial charge is 0.493 e. The average molecular weight is 230 g/mol. The van der Waals surface area contributed by atoms with E-state index in [9.17, 15) is 13.2 Å². The molecule has 0 heterocycles. The highest BCUT2D eigenvalue weighted by Crippen LogP contribution is 2.31. The van der Waals surface area contributed by atoms with Crippen molar-refractivity contribution in [3.63, 3.8) is 0 Å². The Labute approximate surface area is 90.7 Å². The van der Waals surface area contributed by atoms with E-state index in [2.05, 4.69) is 4.74 Å². The lowest BCUT2D eigenvalue weighted by Gasteiger charge is -2.12. The van der Waals surface area contributed by atoms with E-state index >= 15 is 0 Å². The zero-order valence-corrected chi connectivity index (χ0v) is 8.48. The Kier molecular flexibility index (Phi) is 3.80. The second-order valence-corrected chi connectivity index (χ2v) is 2.97. The lowest BCUT2D eigenvalue weighted by Crippen LogP contribution is -2.07. The molecule has 0 saturated heterocycles. The van der Waals surface area contributed by atoms with Crippen molar-refractivity contribution in [1.29, 1.82) is 0 Å². The highest BCUT2D eigenvalue weighted by atomic mass is 19.2. The number of halogens is 3. The quantitative estimate of drug-likeness (QED) is 0.633. The fraction of sp³-hybridized carbons (Fsp3) is 0.273. The summed E-state index contributed by atoms with van der Waals surface area (Å²) in [6.45, 7) is -0.862. The number of terminal acetylenes is 1. The third-order valence-corrected chi connectivity index (χ3v) is 2.10. The number of hydrogen-bond acceptors (Lipinski definition) is 2. The minimum absolute atomic E-state index is 0.392. The molecule has 0 unspecified atom stereocenters. The summed E-state index contributed by atoms with van der Waals surface area (Å²) in [5.41, 5.74) is -1.13. The Bertz CT molecular complexity index is 450. The molecule has 1 aromatic rings. The summed E-state index contributed by atoms with van der Waals surface area (Å²) in [7, 11) is 1.09. The summed E-state index contributed by atoms with van der Waals surface area (Å²) in [6, 6.07) is 0. The monoisotopic (exact) mass is 230 g/mol. The Morgan fingerprint density at radius 1 is 1.19 bits per heavy atom. The minimum Gasteiger partial charge on any atom is -0.493 e. The fourth-order valence-corrected chi connectivity index (χ4v) is 1.34. The molecule has 0 spiro atoms. The van der Waals surface area contributed by atoms with Crippen LogP contribution in [-0.4, -0.2) is 12.2 Å². The van der Waals surface area contributed by atoms with Crippen molar-refractivity contribution >= 4 is 0 Å². The molecule has 0 radical (unpaired) electrons. The molecule has 0 saturated carbocycles. The minimum atomic E-state index is -1.39. The van der Waals surface area contributed by atoms with Crippen molar-refractivity contribution in [2.45, 2.75) is 13.0 Å². The van der Waals surface area contributed by atoms with Gasteiger partial charge in [0.15, 0.2) is 23.2 Å². The fourth-order valence-electron chi connectivity index (χ4n) is 1.34. The first-order valence-corrected chi connectivity index (χ1v) is 4.34. The topological polar surface area (TPSA) is 29.5 Å². The van der Waals surface area contributed by atoms with Gasteiger partial charge in [-0.3, -0.25) is 0 Å². The van der Waals surface area contributed by atoms with Crippen LogP contribution in [0.15, 0.2) is 0 Å². The Balaban J connectivity index is 3.57. The molecule has 0 aliphatic rings. The molecular formula is C11H9F3O2. The predicted octanol–water partition coefficient (Wildman–Crippen LogP) is 1.78. The van der Waals surface area contributed by atoms with E-state index in [0.717, 1.165) is 7.11 Å². The van der Waals surface area contributed by atoms with E-state index < -0.39 is 47.4 Å². The average Bonchev–Trinajstić information content (AvgIpc) is 2.29. The van der Waals surface area contributed by atoms with Gasteiger partial charge >= 0.3 is 0 Å². The van der Waals surface area contributed by atoms with Crippen LogP contribution in [0.3, 0.4) is 0 Å². The van der Waals surface area contributed by atoms with Gasteiger partial charge < -0.3 is 9.84 Å².